The Morgan fingerprint density at radius 1 is 1.14 bits per heavy atom. The van der Waals surface area contributed by atoms with Crippen LogP contribution in [0.5, 0.6) is 0 Å². The maximum atomic E-state index is 10.4. The van der Waals surface area contributed by atoms with E-state index in [0.29, 0.717) is 0 Å². The second-order valence-corrected chi connectivity index (χ2v) is 6.25. The molecule has 0 aromatic carbocycles. The standard InChI is InChI=1S/C18H32O4/c1-2-3-9-13-16-18(22-16)15(19)12-10-7-5-4-6-8-11-14-17(20)21/h10,12,15-16,18-19H,2-9,11,13-14H2,1H3,(H,20,21)/b12-10-/t15?,16-,18-/m1/s1. The predicted molar refractivity (Wildman–Crippen MR) is 87.9 cm³/mol. The summed E-state index contributed by atoms with van der Waals surface area (Å²) in [5.74, 6) is -0.702. The van der Waals surface area contributed by atoms with Gasteiger partial charge in [0.1, 0.15) is 12.2 Å². The summed E-state index contributed by atoms with van der Waals surface area (Å²) in [6.07, 6.45) is 14.8. The minimum atomic E-state index is -0.702. The van der Waals surface area contributed by atoms with E-state index in [1.54, 1.807) is 0 Å². The third-order valence-corrected chi connectivity index (χ3v) is 4.15. The zero-order valence-electron chi connectivity index (χ0n) is 13.9. The molecule has 0 amide bonds. The van der Waals surface area contributed by atoms with Gasteiger partial charge >= 0.3 is 5.97 Å². The van der Waals surface area contributed by atoms with Crippen LogP contribution in [-0.4, -0.2) is 34.5 Å². The van der Waals surface area contributed by atoms with Crippen LogP contribution in [0, 0.1) is 0 Å². The Morgan fingerprint density at radius 2 is 1.86 bits per heavy atom. The zero-order valence-corrected chi connectivity index (χ0v) is 13.9. The quantitative estimate of drug-likeness (QED) is 0.288. The third-order valence-electron chi connectivity index (χ3n) is 4.15. The van der Waals surface area contributed by atoms with Crippen LogP contribution in [-0.2, 0) is 9.53 Å². The molecule has 0 spiro atoms. The number of hydrogen-bond donors (Lipinski definition) is 2. The van der Waals surface area contributed by atoms with E-state index >= 15 is 0 Å². The highest BCUT2D eigenvalue weighted by molar-refractivity contribution is 5.66. The molecule has 0 aromatic rings. The van der Waals surface area contributed by atoms with Gasteiger partial charge in [0.05, 0.1) is 6.10 Å². The lowest BCUT2D eigenvalue weighted by molar-refractivity contribution is -0.137. The molecule has 0 aromatic heterocycles. The highest BCUT2D eigenvalue weighted by atomic mass is 16.6. The van der Waals surface area contributed by atoms with Crippen molar-refractivity contribution in [3.63, 3.8) is 0 Å². The number of ether oxygens (including phenoxy) is 1. The number of allylic oxidation sites excluding steroid dienone is 1. The van der Waals surface area contributed by atoms with E-state index in [1.165, 1.54) is 19.3 Å². The van der Waals surface area contributed by atoms with Gasteiger partial charge in [-0.2, -0.15) is 0 Å². The molecular weight excluding hydrogens is 280 g/mol. The molecule has 1 fully saturated rings. The minimum absolute atomic E-state index is 0.0177. The smallest absolute Gasteiger partial charge is 0.303 e. The van der Waals surface area contributed by atoms with E-state index in [-0.39, 0.29) is 18.6 Å². The second kappa shape index (κ2) is 11.7. The van der Waals surface area contributed by atoms with Gasteiger partial charge in [-0.3, -0.25) is 4.79 Å². The Balaban J connectivity index is 1.92. The molecule has 1 saturated heterocycles. The predicted octanol–water partition coefficient (Wildman–Crippen LogP) is 4.07. The fourth-order valence-electron chi connectivity index (χ4n) is 2.70. The summed E-state index contributed by atoms with van der Waals surface area (Å²) in [6, 6.07) is 0. The lowest BCUT2D eigenvalue weighted by Crippen LogP contribution is -2.13. The summed E-state index contributed by atoms with van der Waals surface area (Å²) < 4.78 is 5.52. The Hall–Kier alpha value is -0.870. The Bertz CT molecular complexity index is 327. The third kappa shape index (κ3) is 9.21. The first-order chi connectivity index (χ1) is 10.6. The summed E-state index contributed by atoms with van der Waals surface area (Å²) in [6.45, 7) is 2.19. The lowest BCUT2D eigenvalue weighted by Gasteiger charge is -2.01. The van der Waals surface area contributed by atoms with Crippen molar-refractivity contribution in [3.05, 3.63) is 12.2 Å². The van der Waals surface area contributed by atoms with Crippen LogP contribution in [0.1, 0.15) is 77.6 Å². The highest BCUT2D eigenvalue weighted by Gasteiger charge is 2.42. The van der Waals surface area contributed by atoms with E-state index in [2.05, 4.69) is 6.92 Å². The van der Waals surface area contributed by atoms with Crippen molar-refractivity contribution in [2.75, 3.05) is 0 Å². The Kier molecular flexibility index (Phi) is 10.2. The summed E-state index contributed by atoms with van der Waals surface area (Å²) in [7, 11) is 0. The van der Waals surface area contributed by atoms with Crippen LogP contribution in [0.15, 0.2) is 12.2 Å². The number of aliphatic hydroxyl groups is 1. The molecule has 0 aliphatic carbocycles. The van der Waals surface area contributed by atoms with E-state index in [0.717, 1.165) is 44.9 Å². The molecule has 0 radical (unpaired) electrons. The van der Waals surface area contributed by atoms with Crippen LogP contribution in [0.3, 0.4) is 0 Å². The summed E-state index contributed by atoms with van der Waals surface area (Å²) >= 11 is 0. The molecule has 2 N–H and O–H groups in total. The van der Waals surface area contributed by atoms with Crippen molar-refractivity contribution < 1.29 is 19.7 Å². The van der Waals surface area contributed by atoms with Gasteiger partial charge in [0, 0.05) is 6.42 Å². The van der Waals surface area contributed by atoms with Crippen molar-refractivity contribution in [1.29, 1.82) is 0 Å². The molecule has 0 saturated carbocycles. The molecule has 1 unspecified atom stereocenters. The number of carboxylic acid groups (broad SMARTS) is 1. The van der Waals surface area contributed by atoms with Crippen LogP contribution in [0.4, 0.5) is 0 Å². The number of carboxylic acids is 1. The molecule has 1 rings (SSSR count). The van der Waals surface area contributed by atoms with Gasteiger partial charge in [-0.05, 0) is 25.7 Å². The van der Waals surface area contributed by atoms with E-state index in [4.69, 9.17) is 9.84 Å². The largest absolute Gasteiger partial charge is 0.481 e. The summed E-state index contributed by atoms with van der Waals surface area (Å²) in [4.78, 5) is 10.4. The number of aliphatic carboxylic acids is 1. The van der Waals surface area contributed by atoms with E-state index < -0.39 is 12.1 Å². The molecule has 128 valence electrons. The molecule has 3 atom stereocenters. The number of hydrogen-bond acceptors (Lipinski definition) is 3. The summed E-state index contributed by atoms with van der Waals surface area (Å²) in [5, 5.41) is 18.5. The Labute approximate surface area is 134 Å². The molecule has 1 aliphatic heterocycles. The first-order valence-electron chi connectivity index (χ1n) is 8.87. The number of epoxide rings is 1. The van der Waals surface area contributed by atoms with Gasteiger partial charge in [0.15, 0.2) is 0 Å². The van der Waals surface area contributed by atoms with Crippen LogP contribution >= 0.6 is 0 Å². The van der Waals surface area contributed by atoms with Gasteiger partial charge in [-0.25, -0.2) is 0 Å². The van der Waals surface area contributed by atoms with Crippen LogP contribution < -0.4 is 0 Å². The second-order valence-electron chi connectivity index (χ2n) is 6.25. The topological polar surface area (TPSA) is 70.1 Å². The number of rotatable bonds is 14. The molecule has 4 heteroatoms. The first-order valence-corrected chi connectivity index (χ1v) is 8.87. The average Bonchev–Trinajstić information content (AvgIpc) is 3.25. The maximum Gasteiger partial charge on any atom is 0.303 e. The molecule has 4 nitrogen and oxygen atoms in total. The Morgan fingerprint density at radius 3 is 2.59 bits per heavy atom. The number of aliphatic hydroxyl groups excluding tert-OH is 1. The van der Waals surface area contributed by atoms with Crippen LogP contribution in [0.25, 0.3) is 0 Å². The van der Waals surface area contributed by atoms with Crippen molar-refractivity contribution in [1.82, 2.24) is 0 Å². The normalized spacial score (nSPS) is 22.1. The monoisotopic (exact) mass is 312 g/mol. The molecule has 0 bridgehead atoms. The lowest BCUT2D eigenvalue weighted by atomic mass is 10.1. The highest BCUT2D eigenvalue weighted by Crippen LogP contribution is 2.30. The van der Waals surface area contributed by atoms with E-state index in [9.17, 15) is 9.90 Å². The molecule has 1 heterocycles. The van der Waals surface area contributed by atoms with Crippen LogP contribution in [0.2, 0.25) is 0 Å². The number of carbonyl (C=O) groups is 1. The number of unbranched alkanes of at least 4 members (excludes halogenated alkanes) is 7. The molecular formula is C18H32O4. The van der Waals surface area contributed by atoms with E-state index in [1.807, 2.05) is 12.2 Å². The summed E-state index contributed by atoms with van der Waals surface area (Å²) in [5.41, 5.74) is 0. The SMILES string of the molecule is CCCCC[C@H]1O[C@@H]1C(O)/C=C\CCCCCCCC(=O)O. The molecule has 1 aliphatic rings. The van der Waals surface area contributed by atoms with Gasteiger partial charge in [-0.15, -0.1) is 0 Å². The van der Waals surface area contributed by atoms with Gasteiger partial charge < -0.3 is 14.9 Å². The maximum absolute atomic E-state index is 10.4. The average molecular weight is 312 g/mol. The fourth-order valence-corrected chi connectivity index (χ4v) is 2.70. The van der Waals surface area contributed by atoms with Crippen molar-refractivity contribution in [3.8, 4) is 0 Å². The van der Waals surface area contributed by atoms with Gasteiger partial charge in [-0.1, -0.05) is 57.6 Å². The zero-order chi connectivity index (χ0) is 16.2. The van der Waals surface area contributed by atoms with Gasteiger partial charge in [0.25, 0.3) is 0 Å². The van der Waals surface area contributed by atoms with Gasteiger partial charge in [0.2, 0.25) is 0 Å². The van der Waals surface area contributed by atoms with Crippen molar-refractivity contribution in [2.24, 2.45) is 0 Å². The van der Waals surface area contributed by atoms with Crippen molar-refractivity contribution >= 4 is 5.97 Å². The fraction of sp³-hybridized carbons (Fsp3) is 0.833. The molecule has 22 heavy (non-hydrogen) atoms. The van der Waals surface area contributed by atoms with Crippen molar-refractivity contribution in [2.45, 2.75) is 95.9 Å². The first kappa shape index (κ1) is 19.2. The minimum Gasteiger partial charge on any atom is -0.481 e.